The highest BCUT2D eigenvalue weighted by Crippen LogP contribution is 2.31. The molecular formula is C12H18N4O. The van der Waals surface area contributed by atoms with E-state index in [-0.39, 0.29) is 11.8 Å². The normalized spacial score (nSPS) is 23.9. The van der Waals surface area contributed by atoms with Crippen molar-refractivity contribution in [1.29, 1.82) is 0 Å². The first kappa shape index (κ1) is 10.8. The van der Waals surface area contributed by atoms with Crippen molar-refractivity contribution < 1.29 is 4.79 Å². The Morgan fingerprint density at radius 2 is 2.41 bits per heavy atom. The molecule has 2 N–H and O–H groups in total. The van der Waals surface area contributed by atoms with Gasteiger partial charge in [0.1, 0.15) is 5.82 Å². The lowest BCUT2D eigenvalue weighted by Gasteiger charge is -2.11. The van der Waals surface area contributed by atoms with Gasteiger partial charge in [-0.3, -0.25) is 4.79 Å². The summed E-state index contributed by atoms with van der Waals surface area (Å²) in [5.74, 6) is 1.83. The van der Waals surface area contributed by atoms with E-state index in [1.54, 1.807) is 6.20 Å². The van der Waals surface area contributed by atoms with Crippen LogP contribution < -0.4 is 10.6 Å². The number of rotatable bonds is 4. The van der Waals surface area contributed by atoms with Gasteiger partial charge in [-0.2, -0.15) is 5.10 Å². The van der Waals surface area contributed by atoms with E-state index in [0.717, 1.165) is 37.8 Å². The summed E-state index contributed by atoms with van der Waals surface area (Å²) in [6.45, 7) is 2.67. The molecule has 0 spiro atoms. The molecule has 0 aromatic carbocycles. The van der Waals surface area contributed by atoms with Gasteiger partial charge in [-0.25, -0.2) is 4.68 Å². The van der Waals surface area contributed by atoms with E-state index >= 15 is 0 Å². The van der Waals surface area contributed by atoms with Crippen LogP contribution in [0, 0.1) is 11.8 Å². The van der Waals surface area contributed by atoms with Gasteiger partial charge in [0.15, 0.2) is 0 Å². The zero-order chi connectivity index (χ0) is 11.7. The highest BCUT2D eigenvalue weighted by molar-refractivity contribution is 5.92. The molecule has 2 heterocycles. The monoisotopic (exact) mass is 234 g/mol. The van der Waals surface area contributed by atoms with Crippen molar-refractivity contribution in [1.82, 2.24) is 15.1 Å². The Bertz CT molecular complexity index is 404. The predicted molar refractivity (Wildman–Crippen MR) is 64.6 cm³/mol. The fourth-order valence-corrected chi connectivity index (χ4v) is 2.24. The number of hydrogen-bond donors (Lipinski definition) is 2. The van der Waals surface area contributed by atoms with E-state index in [1.807, 2.05) is 10.7 Å². The smallest absolute Gasteiger partial charge is 0.229 e. The van der Waals surface area contributed by atoms with Crippen molar-refractivity contribution in [3.63, 3.8) is 0 Å². The van der Waals surface area contributed by atoms with E-state index in [4.69, 9.17) is 0 Å². The fraction of sp³-hybridized carbons (Fsp3) is 0.667. The summed E-state index contributed by atoms with van der Waals surface area (Å²) in [5, 5.41) is 10.5. The quantitative estimate of drug-likeness (QED) is 0.811. The minimum atomic E-state index is 0.110. The number of nitrogens with zero attached hydrogens (tertiary/aromatic N) is 2. The molecule has 1 atom stereocenters. The lowest BCUT2D eigenvalue weighted by atomic mass is 10.1. The molecule has 1 aromatic rings. The third-order valence-electron chi connectivity index (χ3n) is 3.53. The summed E-state index contributed by atoms with van der Waals surface area (Å²) in [5.41, 5.74) is 0. The summed E-state index contributed by atoms with van der Waals surface area (Å²) >= 11 is 0. The molecule has 1 aromatic heterocycles. The molecule has 17 heavy (non-hydrogen) atoms. The molecular weight excluding hydrogens is 216 g/mol. The highest BCUT2D eigenvalue weighted by Gasteiger charge is 2.25. The van der Waals surface area contributed by atoms with Crippen molar-refractivity contribution in [3.05, 3.63) is 12.3 Å². The van der Waals surface area contributed by atoms with Crippen LogP contribution in [0.5, 0.6) is 0 Å². The number of anilines is 1. The molecule has 2 aliphatic rings. The SMILES string of the molecule is O=C(Nc1ccnn1CC1CC1)[C@H]1CCNC1. The summed E-state index contributed by atoms with van der Waals surface area (Å²) in [4.78, 5) is 12.0. The number of hydrogen-bond acceptors (Lipinski definition) is 3. The first-order chi connectivity index (χ1) is 8.33. The van der Waals surface area contributed by atoms with Gasteiger partial charge < -0.3 is 10.6 Å². The number of nitrogens with one attached hydrogen (secondary N) is 2. The second kappa shape index (κ2) is 4.49. The Labute approximate surface area is 101 Å². The van der Waals surface area contributed by atoms with Crippen LogP contribution in [-0.4, -0.2) is 28.8 Å². The largest absolute Gasteiger partial charge is 0.316 e. The maximum Gasteiger partial charge on any atom is 0.229 e. The van der Waals surface area contributed by atoms with Gasteiger partial charge in [-0.05, 0) is 31.7 Å². The standard InChI is InChI=1S/C12H18N4O/c17-12(10-3-5-13-7-10)15-11-4-6-14-16(11)8-9-1-2-9/h4,6,9-10,13H,1-3,5,7-8H2,(H,15,17)/t10-/m0/s1. The number of aromatic nitrogens is 2. The van der Waals surface area contributed by atoms with Crippen molar-refractivity contribution in [3.8, 4) is 0 Å². The summed E-state index contributed by atoms with van der Waals surface area (Å²) < 4.78 is 1.91. The molecule has 0 unspecified atom stereocenters. The zero-order valence-electron chi connectivity index (χ0n) is 9.85. The van der Waals surface area contributed by atoms with Gasteiger partial charge in [-0.1, -0.05) is 0 Å². The minimum Gasteiger partial charge on any atom is -0.316 e. The Hall–Kier alpha value is -1.36. The van der Waals surface area contributed by atoms with Crippen molar-refractivity contribution in [2.75, 3.05) is 18.4 Å². The molecule has 5 heteroatoms. The third-order valence-corrected chi connectivity index (χ3v) is 3.53. The number of carbonyl (C=O) groups excluding carboxylic acids is 1. The Morgan fingerprint density at radius 1 is 1.53 bits per heavy atom. The maximum atomic E-state index is 12.0. The van der Waals surface area contributed by atoms with Crippen LogP contribution >= 0.6 is 0 Å². The molecule has 1 aliphatic heterocycles. The molecule has 92 valence electrons. The molecule has 3 rings (SSSR count). The highest BCUT2D eigenvalue weighted by atomic mass is 16.2. The molecule has 1 saturated heterocycles. The molecule has 0 radical (unpaired) electrons. The zero-order valence-corrected chi connectivity index (χ0v) is 9.85. The second-order valence-corrected chi connectivity index (χ2v) is 5.02. The van der Waals surface area contributed by atoms with Crippen LogP contribution in [0.3, 0.4) is 0 Å². The number of carbonyl (C=O) groups is 1. The Morgan fingerprint density at radius 3 is 3.12 bits per heavy atom. The minimum absolute atomic E-state index is 0.110. The van der Waals surface area contributed by atoms with Crippen molar-refractivity contribution in [2.24, 2.45) is 11.8 Å². The summed E-state index contributed by atoms with van der Waals surface area (Å²) in [7, 11) is 0. The van der Waals surface area contributed by atoms with Crippen LogP contribution in [-0.2, 0) is 11.3 Å². The van der Waals surface area contributed by atoms with Crippen LogP contribution in [0.25, 0.3) is 0 Å². The molecule has 1 saturated carbocycles. The van der Waals surface area contributed by atoms with Crippen molar-refractivity contribution >= 4 is 11.7 Å². The van der Waals surface area contributed by atoms with Gasteiger partial charge in [-0.15, -0.1) is 0 Å². The van der Waals surface area contributed by atoms with Crippen LogP contribution in [0.2, 0.25) is 0 Å². The van der Waals surface area contributed by atoms with E-state index in [2.05, 4.69) is 15.7 Å². The van der Waals surface area contributed by atoms with Gasteiger partial charge in [0.05, 0.1) is 12.1 Å². The predicted octanol–water partition coefficient (Wildman–Crippen LogP) is 0.841. The maximum absolute atomic E-state index is 12.0. The third kappa shape index (κ3) is 2.49. The summed E-state index contributed by atoms with van der Waals surface area (Å²) in [6.07, 6.45) is 5.27. The molecule has 5 nitrogen and oxygen atoms in total. The lowest BCUT2D eigenvalue weighted by Crippen LogP contribution is -2.26. The number of amides is 1. The Kier molecular flexibility index (Phi) is 2.84. The van der Waals surface area contributed by atoms with Crippen LogP contribution in [0.1, 0.15) is 19.3 Å². The van der Waals surface area contributed by atoms with E-state index < -0.39 is 0 Å². The van der Waals surface area contributed by atoms with Gasteiger partial charge in [0.2, 0.25) is 5.91 Å². The van der Waals surface area contributed by atoms with E-state index in [9.17, 15) is 4.79 Å². The fourth-order valence-electron chi connectivity index (χ4n) is 2.24. The van der Waals surface area contributed by atoms with Crippen molar-refractivity contribution in [2.45, 2.75) is 25.8 Å². The first-order valence-corrected chi connectivity index (χ1v) is 6.36. The lowest BCUT2D eigenvalue weighted by molar-refractivity contribution is -0.119. The Balaban J connectivity index is 1.62. The first-order valence-electron chi connectivity index (χ1n) is 6.36. The molecule has 1 amide bonds. The average molecular weight is 234 g/mol. The molecule has 0 bridgehead atoms. The van der Waals surface area contributed by atoms with Gasteiger partial charge in [0.25, 0.3) is 0 Å². The van der Waals surface area contributed by atoms with Gasteiger partial charge in [0, 0.05) is 19.2 Å². The summed E-state index contributed by atoms with van der Waals surface area (Å²) in [6, 6.07) is 1.88. The topological polar surface area (TPSA) is 59.0 Å². The average Bonchev–Trinajstić information content (AvgIpc) is 2.81. The molecule has 1 aliphatic carbocycles. The second-order valence-electron chi connectivity index (χ2n) is 5.02. The van der Waals surface area contributed by atoms with Crippen LogP contribution in [0.15, 0.2) is 12.3 Å². The van der Waals surface area contributed by atoms with Gasteiger partial charge >= 0.3 is 0 Å². The molecule has 2 fully saturated rings. The van der Waals surface area contributed by atoms with E-state index in [0.29, 0.717) is 0 Å². The van der Waals surface area contributed by atoms with Crippen LogP contribution in [0.4, 0.5) is 5.82 Å². The van der Waals surface area contributed by atoms with E-state index in [1.165, 1.54) is 12.8 Å².